The first-order chi connectivity index (χ1) is 11.2. The molecule has 3 rings (SSSR count). The van der Waals surface area contributed by atoms with Crippen LogP contribution in [0.15, 0.2) is 53.1 Å². The molecule has 0 aliphatic carbocycles. The summed E-state index contributed by atoms with van der Waals surface area (Å²) in [6.07, 6.45) is 5.29. The van der Waals surface area contributed by atoms with Crippen LogP contribution >= 0.6 is 11.8 Å². The van der Waals surface area contributed by atoms with Crippen molar-refractivity contribution in [3.05, 3.63) is 59.0 Å². The van der Waals surface area contributed by atoms with Crippen LogP contribution in [-0.4, -0.2) is 30.7 Å². The van der Waals surface area contributed by atoms with Gasteiger partial charge >= 0.3 is 0 Å². The third-order valence-electron chi connectivity index (χ3n) is 3.44. The fourth-order valence-electron chi connectivity index (χ4n) is 2.35. The minimum atomic E-state index is -0.188. The van der Waals surface area contributed by atoms with Crippen LogP contribution in [0.1, 0.15) is 5.56 Å². The molecule has 0 fully saturated rings. The molecule has 23 heavy (non-hydrogen) atoms. The molecule has 1 aromatic carbocycles. The number of thioether (sulfide) groups is 1. The number of hydrogen-bond donors (Lipinski definition) is 1. The summed E-state index contributed by atoms with van der Waals surface area (Å²) < 4.78 is 3.19. The van der Waals surface area contributed by atoms with Crippen LogP contribution < -0.4 is 5.56 Å². The standard InChI is InChI=1S/C16H16N4O2S/c1-3-7-20-15(22)13-9-19(16(23-2)17-14(13)18-20)12-6-4-5-11(8-12)10-21/h3-6,8-9,21H,1,7,10H2,2H3. The second-order valence-corrected chi connectivity index (χ2v) is 5.71. The second-order valence-electron chi connectivity index (χ2n) is 4.94. The summed E-state index contributed by atoms with van der Waals surface area (Å²) in [6, 6.07) is 7.48. The van der Waals surface area contributed by atoms with Gasteiger partial charge in [0.1, 0.15) is 5.56 Å². The molecule has 0 saturated heterocycles. The van der Waals surface area contributed by atoms with Crippen molar-refractivity contribution in [1.82, 2.24) is 19.3 Å². The van der Waals surface area contributed by atoms with E-state index in [0.29, 0.717) is 17.9 Å². The summed E-state index contributed by atoms with van der Waals surface area (Å²) >= 11 is 1.46. The number of fused-ring (bicyclic) bond motifs is 1. The predicted octanol–water partition coefficient (Wildman–Crippen LogP) is 1.93. The number of hydrogen-bond acceptors (Lipinski definition) is 5. The Morgan fingerprint density at radius 3 is 2.96 bits per heavy atom. The van der Waals surface area contributed by atoms with Crippen LogP contribution in [0.4, 0.5) is 0 Å². The van der Waals surface area contributed by atoms with E-state index in [1.54, 1.807) is 12.3 Å². The monoisotopic (exact) mass is 328 g/mol. The zero-order valence-corrected chi connectivity index (χ0v) is 13.5. The van der Waals surface area contributed by atoms with Gasteiger partial charge in [-0.3, -0.25) is 9.36 Å². The van der Waals surface area contributed by atoms with Crippen LogP contribution in [0.5, 0.6) is 0 Å². The van der Waals surface area contributed by atoms with Crippen molar-refractivity contribution in [1.29, 1.82) is 0 Å². The van der Waals surface area contributed by atoms with Gasteiger partial charge in [-0.1, -0.05) is 30.0 Å². The molecule has 2 heterocycles. The van der Waals surface area contributed by atoms with E-state index in [4.69, 9.17) is 0 Å². The van der Waals surface area contributed by atoms with Gasteiger partial charge in [-0.15, -0.1) is 11.7 Å². The first kappa shape index (κ1) is 15.5. The van der Waals surface area contributed by atoms with Crippen LogP contribution in [0.2, 0.25) is 0 Å². The van der Waals surface area contributed by atoms with Gasteiger partial charge in [0.25, 0.3) is 5.56 Å². The molecule has 118 valence electrons. The van der Waals surface area contributed by atoms with Crippen LogP contribution in [0, 0.1) is 0 Å². The number of aromatic nitrogens is 4. The Hall–Kier alpha value is -2.38. The fraction of sp³-hybridized carbons (Fsp3) is 0.188. The quantitative estimate of drug-likeness (QED) is 0.440. The number of aliphatic hydroxyl groups is 1. The van der Waals surface area contributed by atoms with Crippen molar-refractivity contribution < 1.29 is 5.11 Å². The second kappa shape index (κ2) is 6.39. The molecule has 0 atom stereocenters. The largest absolute Gasteiger partial charge is 0.392 e. The highest BCUT2D eigenvalue weighted by Gasteiger charge is 2.19. The molecule has 0 amide bonds. The Labute approximate surface area is 137 Å². The number of nitrogens with zero attached hydrogens (tertiary/aromatic N) is 4. The van der Waals surface area contributed by atoms with Gasteiger partial charge in [0, 0.05) is 11.9 Å². The zero-order valence-electron chi connectivity index (χ0n) is 12.6. The van der Waals surface area contributed by atoms with E-state index >= 15 is 0 Å². The molecular formula is C16H16N4O2S. The number of rotatable bonds is 5. The van der Waals surface area contributed by atoms with Gasteiger partial charge in [-0.2, -0.15) is 0 Å². The molecule has 2 aliphatic heterocycles. The van der Waals surface area contributed by atoms with Crippen LogP contribution in [-0.2, 0) is 13.2 Å². The normalized spacial score (nSPS) is 11.0. The maximum atomic E-state index is 12.4. The molecule has 6 nitrogen and oxygen atoms in total. The van der Waals surface area contributed by atoms with Gasteiger partial charge in [-0.25, -0.2) is 9.67 Å². The number of aliphatic hydroxyl groups excluding tert-OH is 1. The van der Waals surface area contributed by atoms with E-state index in [1.807, 2.05) is 35.1 Å². The molecule has 0 radical (unpaired) electrons. The Kier molecular flexibility index (Phi) is 4.31. The minimum absolute atomic E-state index is 0.0389. The summed E-state index contributed by atoms with van der Waals surface area (Å²) in [7, 11) is 0. The maximum absolute atomic E-state index is 12.4. The fourth-order valence-corrected chi connectivity index (χ4v) is 2.88. The van der Waals surface area contributed by atoms with E-state index in [-0.39, 0.29) is 12.2 Å². The van der Waals surface area contributed by atoms with E-state index in [0.717, 1.165) is 16.4 Å². The lowest BCUT2D eigenvalue weighted by Crippen LogP contribution is -2.16. The lowest BCUT2D eigenvalue weighted by atomic mass is 10.2. The zero-order chi connectivity index (χ0) is 16.4. The smallest absolute Gasteiger partial charge is 0.279 e. The molecule has 0 spiro atoms. The highest BCUT2D eigenvalue weighted by molar-refractivity contribution is 7.98. The minimum Gasteiger partial charge on any atom is -0.392 e. The molecular weight excluding hydrogens is 312 g/mol. The van der Waals surface area contributed by atoms with Crippen molar-refractivity contribution in [3.8, 4) is 17.1 Å². The predicted molar refractivity (Wildman–Crippen MR) is 90.1 cm³/mol. The van der Waals surface area contributed by atoms with Gasteiger partial charge in [-0.05, 0) is 24.0 Å². The molecule has 1 aromatic rings. The number of benzene rings is 1. The summed E-state index contributed by atoms with van der Waals surface area (Å²) in [4.78, 5) is 16.9. The highest BCUT2D eigenvalue weighted by Crippen LogP contribution is 2.24. The third-order valence-corrected chi connectivity index (χ3v) is 4.10. The van der Waals surface area contributed by atoms with Gasteiger partial charge in [0.15, 0.2) is 11.0 Å². The van der Waals surface area contributed by atoms with Crippen molar-refractivity contribution in [2.24, 2.45) is 0 Å². The lowest BCUT2D eigenvalue weighted by Gasteiger charge is -2.13. The van der Waals surface area contributed by atoms with Gasteiger partial charge in [0.2, 0.25) is 0 Å². The maximum Gasteiger partial charge on any atom is 0.279 e. The Balaban J connectivity index is 2.23. The van der Waals surface area contributed by atoms with E-state index in [9.17, 15) is 9.90 Å². The number of allylic oxidation sites excluding steroid dienone is 1. The Bertz CT molecular complexity index is 884. The van der Waals surface area contributed by atoms with Gasteiger partial charge < -0.3 is 5.11 Å². The first-order valence-electron chi connectivity index (χ1n) is 7.03. The lowest BCUT2D eigenvalue weighted by molar-refractivity contribution is 0.282. The molecule has 1 N–H and O–H groups in total. The SMILES string of the molecule is C=CCn1nc2nc(SC)n(-c3cccc(CO)c3)cc-2c1=O. The topological polar surface area (TPSA) is 72.9 Å². The highest BCUT2D eigenvalue weighted by atomic mass is 32.2. The average Bonchev–Trinajstić information content (AvgIpc) is 2.89. The molecule has 0 bridgehead atoms. The molecule has 0 aromatic heterocycles. The van der Waals surface area contributed by atoms with E-state index in [1.165, 1.54) is 16.4 Å². The van der Waals surface area contributed by atoms with Gasteiger partial charge in [0.05, 0.1) is 13.2 Å². The average molecular weight is 328 g/mol. The Morgan fingerprint density at radius 2 is 2.26 bits per heavy atom. The van der Waals surface area contributed by atoms with E-state index in [2.05, 4.69) is 16.7 Å². The summed E-state index contributed by atoms with van der Waals surface area (Å²) in [5, 5.41) is 14.3. The molecule has 0 saturated carbocycles. The van der Waals surface area contributed by atoms with Crippen molar-refractivity contribution in [3.63, 3.8) is 0 Å². The van der Waals surface area contributed by atoms with Crippen molar-refractivity contribution >= 4 is 11.8 Å². The molecule has 7 heteroatoms. The third kappa shape index (κ3) is 2.80. The van der Waals surface area contributed by atoms with Crippen molar-refractivity contribution in [2.75, 3.05) is 6.26 Å². The summed E-state index contributed by atoms with van der Waals surface area (Å²) in [5.74, 6) is 0.427. The van der Waals surface area contributed by atoms with Crippen LogP contribution in [0.25, 0.3) is 17.1 Å². The first-order valence-corrected chi connectivity index (χ1v) is 8.25. The van der Waals surface area contributed by atoms with Crippen molar-refractivity contribution in [2.45, 2.75) is 18.3 Å². The van der Waals surface area contributed by atoms with Crippen LogP contribution in [0.3, 0.4) is 0 Å². The molecule has 2 aliphatic rings. The van der Waals surface area contributed by atoms with E-state index < -0.39 is 0 Å². The Morgan fingerprint density at radius 1 is 1.43 bits per heavy atom. The molecule has 0 unspecified atom stereocenters. The summed E-state index contributed by atoms with van der Waals surface area (Å²) in [6.45, 7) is 3.94. The summed E-state index contributed by atoms with van der Waals surface area (Å²) in [5.41, 5.74) is 1.91.